The maximum atomic E-state index is 12.3. The van der Waals surface area contributed by atoms with Gasteiger partial charge in [0.15, 0.2) is 13.1 Å². The number of quaternary nitrogens is 1. The molecule has 0 spiro atoms. The first-order chi connectivity index (χ1) is 13.3. The second-order valence-electron chi connectivity index (χ2n) is 7.22. The molecule has 28 heavy (non-hydrogen) atoms. The number of likely N-dealkylation sites (N-methyl/N-ethyl adjacent to an activating group) is 1. The molecule has 0 aliphatic heterocycles. The van der Waals surface area contributed by atoms with Crippen LogP contribution in [0.1, 0.15) is 29.7 Å². The average Bonchev–Trinajstić information content (AvgIpc) is 2.64. The van der Waals surface area contributed by atoms with Gasteiger partial charge in [-0.05, 0) is 61.7 Å². The van der Waals surface area contributed by atoms with Gasteiger partial charge in [0.25, 0.3) is 11.8 Å². The summed E-state index contributed by atoms with van der Waals surface area (Å²) in [4.78, 5) is 25.3. The highest BCUT2D eigenvalue weighted by atomic mass is 16.5. The molecule has 6 heteroatoms. The number of aryl methyl sites for hydroxylation is 2. The monoisotopic (exact) mass is 384 g/mol. The first-order valence-corrected chi connectivity index (χ1v) is 9.40. The van der Waals surface area contributed by atoms with Crippen molar-refractivity contribution in [2.75, 3.05) is 32.6 Å². The highest BCUT2D eigenvalue weighted by Crippen LogP contribution is 2.16. The molecule has 150 valence electrons. The summed E-state index contributed by atoms with van der Waals surface area (Å²) in [6, 6.07) is 13.3. The molecule has 0 aliphatic carbocycles. The molecular formula is C22H30N3O3+. The number of ether oxygens (including phenoxy) is 1. The summed E-state index contributed by atoms with van der Waals surface area (Å²) < 4.78 is 5.10. The topological polar surface area (TPSA) is 71.9 Å². The van der Waals surface area contributed by atoms with E-state index in [1.165, 1.54) is 11.1 Å². The summed E-state index contributed by atoms with van der Waals surface area (Å²) in [5.41, 5.74) is 4.21. The van der Waals surface area contributed by atoms with Crippen molar-refractivity contribution in [3.63, 3.8) is 0 Å². The Morgan fingerprint density at radius 3 is 2.25 bits per heavy atom. The zero-order chi connectivity index (χ0) is 20.7. The molecule has 0 aromatic heterocycles. The van der Waals surface area contributed by atoms with Crippen LogP contribution in [-0.4, -0.2) is 39.1 Å². The first kappa shape index (κ1) is 21.4. The van der Waals surface area contributed by atoms with E-state index < -0.39 is 0 Å². The van der Waals surface area contributed by atoms with E-state index in [-0.39, 0.29) is 30.9 Å². The Kier molecular flexibility index (Phi) is 7.58. The lowest BCUT2D eigenvalue weighted by molar-refractivity contribution is -0.862. The molecule has 0 aliphatic rings. The standard InChI is InChI=1S/C22H29N3O3/c1-15-6-7-18(12-16(15)2)17(3)23-21(26)13-25(4)14-22(27)24-19-8-10-20(28-5)11-9-19/h6-12,17H,13-14H2,1-5H3,(H,23,26)(H,24,27)/p+1/t17-/m1/s1. The number of hydrogen-bond acceptors (Lipinski definition) is 3. The van der Waals surface area contributed by atoms with Crippen LogP contribution >= 0.6 is 0 Å². The summed E-state index contributed by atoms with van der Waals surface area (Å²) in [6.45, 7) is 6.53. The van der Waals surface area contributed by atoms with Gasteiger partial charge in [-0.25, -0.2) is 0 Å². The van der Waals surface area contributed by atoms with Crippen molar-refractivity contribution in [1.29, 1.82) is 0 Å². The molecule has 0 fully saturated rings. The van der Waals surface area contributed by atoms with Crippen molar-refractivity contribution in [3.8, 4) is 5.75 Å². The summed E-state index contributed by atoms with van der Waals surface area (Å²) >= 11 is 0. The molecule has 0 saturated heterocycles. The fourth-order valence-electron chi connectivity index (χ4n) is 2.90. The second kappa shape index (κ2) is 9.90. The third-order valence-electron chi connectivity index (χ3n) is 4.71. The van der Waals surface area contributed by atoms with E-state index in [1.54, 1.807) is 31.4 Å². The van der Waals surface area contributed by atoms with Crippen molar-refractivity contribution in [3.05, 3.63) is 59.2 Å². The van der Waals surface area contributed by atoms with Gasteiger partial charge in [-0.1, -0.05) is 18.2 Å². The molecule has 6 nitrogen and oxygen atoms in total. The summed E-state index contributed by atoms with van der Waals surface area (Å²) in [7, 11) is 3.42. The van der Waals surface area contributed by atoms with Crippen molar-refractivity contribution in [2.45, 2.75) is 26.8 Å². The number of anilines is 1. The van der Waals surface area contributed by atoms with Crippen LogP contribution in [0.2, 0.25) is 0 Å². The molecule has 2 amide bonds. The van der Waals surface area contributed by atoms with Crippen LogP contribution in [0.3, 0.4) is 0 Å². The Bertz CT molecular complexity index is 818. The van der Waals surface area contributed by atoms with Gasteiger partial charge >= 0.3 is 0 Å². The maximum absolute atomic E-state index is 12.3. The number of hydrogen-bond donors (Lipinski definition) is 3. The largest absolute Gasteiger partial charge is 0.497 e. The van der Waals surface area contributed by atoms with Crippen LogP contribution in [0, 0.1) is 13.8 Å². The van der Waals surface area contributed by atoms with Crippen LogP contribution < -0.4 is 20.3 Å². The van der Waals surface area contributed by atoms with E-state index in [1.807, 2.05) is 20.0 Å². The summed E-state index contributed by atoms with van der Waals surface area (Å²) in [6.07, 6.45) is 0. The van der Waals surface area contributed by atoms with E-state index in [9.17, 15) is 9.59 Å². The minimum absolute atomic E-state index is 0.0762. The Labute approximate surface area is 166 Å². The highest BCUT2D eigenvalue weighted by Gasteiger charge is 2.17. The summed E-state index contributed by atoms with van der Waals surface area (Å²) in [5.74, 6) is 0.508. The predicted octanol–water partition coefficient (Wildman–Crippen LogP) is 1.64. The minimum atomic E-state index is -0.141. The van der Waals surface area contributed by atoms with E-state index in [2.05, 4.69) is 36.6 Å². The lowest BCUT2D eigenvalue weighted by Crippen LogP contribution is -3.11. The van der Waals surface area contributed by atoms with Crippen molar-refractivity contribution in [1.82, 2.24) is 5.32 Å². The van der Waals surface area contributed by atoms with Crippen molar-refractivity contribution < 1.29 is 19.2 Å². The number of methoxy groups -OCH3 is 1. The molecule has 2 atom stereocenters. The molecule has 2 aromatic rings. The summed E-state index contributed by atoms with van der Waals surface area (Å²) in [5, 5.41) is 5.83. The van der Waals surface area contributed by atoms with Crippen LogP contribution in [0.4, 0.5) is 5.69 Å². The smallest absolute Gasteiger partial charge is 0.279 e. The number of benzene rings is 2. The lowest BCUT2D eigenvalue weighted by atomic mass is 10.0. The van der Waals surface area contributed by atoms with E-state index in [0.29, 0.717) is 5.69 Å². The number of carbonyl (C=O) groups excluding carboxylic acids is 2. The normalized spacial score (nSPS) is 12.8. The number of carbonyl (C=O) groups is 2. The number of rotatable bonds is 8. The van der Waals surface area contributed by atoms with Crippen LogP contribution in [-0.2, 0) is 9.59 Å². The molecule has 1 unspecified atom stereocenters. The molecule has 0 bridgehead atoms. The van der Waals surface area contributed by atoms with Gasteiger partial charge in [0.1, 0.15) is 5.75 Å². The molecule has 0 saturated carbocycles. The zero-order valence-electron chi connectivity index (χ0n) is 17.3. The van der Waals surface area contributed by atoms with E-state index in [4.69, 9.17) is 4.74 Å². The van der Waals surface area contributed by atoms with Crippen LogP contribution in [0.25, 0.3) is 0 Å². The van der Waals surface area contributed by atoms with Gasteiger partial charge in [0.2, 0.25) is 0 Å². The minimum Gasteiger partial charge on any atom is -0.497 e. The maximum Gasteiger partial charge on any atom is 0.279 e. The SMILES string of the molecule is COc1ccc(NC(=O)C[NH+](C)CC(=O)N[C@H](C)c2ccc(C)c(C)c2)cc1. The Morgan fingerprint density at radius 2 is 1.64 bits per heavy atom. The Balaban J connectivity index is 1.80. The molecular weight excluding hydrogens is 354 g/mol. The zero-order valence-corrected chi connectivity index (χ0v) is 17.3. The third-order valence-corrected chi connectivity index (χ3v) is 4.71. The van der Waals surface area contributed by atoms with Gasteiger partial charge in [0.05, 0.1) is 20.2 Å². The van der Waals surface area contributed by atoms with Crippen molar-refractivity contribution >= 4 is 17.5 Å². The van der Waals surface area contributed by atoms with E-state index >= 15 is 0 Å². The van der Waals surface area contributed by atoms with Gasteiger partial charge in [-0.15, -0.1) is 0 Å². The van der Waals surface area contributed by atoms with E-state index in [0.717, 1.165) is 16.2 Å². The third kappa shape index (κ3) is 6.39. The van der Waals surface area contributed by atoms with Crippen LogP contribution in [0.15, 0.2) is 42.5 Å². The number of nitrogens with one attached hydrogen (secondary N) is 3. The van der Waals surface area contributed by atoms with Gasteiger partial charge < -0.3 is 20.3 Å². The molecule has 2 rings (SSSR count). The molecule has 0 radical (unpaired) electrons. The Morgan fingerprint density at radius 1 is 1.00 bits per heavy atom. The molecule has 3 N–H and O–H groups in total. The van der Waals surface area contributed by atoms with Crippen LogP contribution in [0.5, 0.6) is 5.75 Å². The molecule has 2 aromatic carbocycles. The highest BCUT2D eigenvalue weighted by molar-refractivity contribution is 5.91. The number of amides is 2. The molecule has 0 heterocycles. The fourth-order valence-corrected chi connectivity index (χ4v) is 2.90. The van der Waals surface area contributed by atoms with Crippen molar-refractivity contribution in [2.24, 2.45) is 0 Å². The quantitative estimate of drug-likeness (QED) is 0.648. The second-order valence-corrected chi connectivity index (χ2v) is 7.22. The van der Waals surface area contributed by atoms with Gasteiger partial charge in [0, 0.05) is 5.69 Å². The van der Waals surface area contributed by atoms with Gasteiger partial charge in [-0.2, -0.15) is 0 Å². The Hall–Kier alpha value is -2.86. The van der Waals surface area contributed by atoms with Gasteiger partial charge in [-0.3, -0.25) is 9.59 Å². The first-order valence-electron chi connectivity index (χ1n) is 9.40. The average molecular weight is 385 g/mol. The lowest BCUT2D eigenvalue weighted by Gasteiger charge is -2.18. The fraction of sp³-hybridized carbons (Fsp3) is 0.364. The predicted molar refractivity (Wildman–Crippen MR) is 111 cm³/mol.